The summed E-state index contributed by atoms with van der Waals surface area (Å²) in [5.74, 6) is -0.356. The van der Waals surface area contributed by atoms with Crippen LogP contribution < -0.4 is 10.6 Å². The Bertz CT molecular complexity index is 981. The zero-order chi connectivity index (χ0) is 20.3. The monoisotopic (exact) mass is 376 g/mol. The minimum absolute atomic E-state index is 0.144. The molecule has 144 valence electrons. The van der Waals surface area contributed by atoms with Crippen molar-refractivity contribution in [1.82, 2.24) is 15.1 Å². The third-order valence-corrected chi connectivity index (χ3v) is 4.10. The van der Waals surface area contributed by atoms with Gasteiger partial charge in [-0.25, -0.2) is 4.68 Å². The fourth-order valence-corrected chi connectivity index (χ4v) is 2.71. The average molecular weight is 376 g/mol. The van der Waals surface area contributed by atoms with Crippen molar-refractivity contribution in [3.8, 4) is 5.69 Å². The zero-order valence-electron chi connectivity index (χ0n) is 16.5. The Morgan fingerprint density at radius 2 is 1.43 bits per heavy atom. The number of nitrogens with one attached hydrogen (secondary N) is 2. The summed E-state index contributed by atoms with van der Waals surface area (Å²) < 4.78 is 1.81. The van der Waals surface area contributed by atoms with Gasteiger partial charge < -0.3 is 10.6 Å². The number of rotatable bonds is 4. The molecule has 0 unspecified atom stereocenters. The molecule has 0 spiro atoms. The van der Waals surface area contributed by atoms with Gasteiger partial charge in [-0.15, -0.1) is 0 Å². The van der Waals surface area contributed by atoms with Gasteiger partial charge in [0.2, 0.25) is 0 Å². The number of hydrogen-bond donors (Lipinski definition) is 2. The molecule has 0 fully saturated rings. The number of carbonyl (C=O) groups is 2. The Balaban J connectivity index is 1.66. The lowest BCUT2D eigenvalue weighted by atomic mass is 10.1. The number of carbonyl (C=O) groups excluding carboxylic acids is 2. The fourth-order valence-electron chi connectivity index (χ4n) is 2.71. The second-order valence-electron chi connectivity index (χ2n) is 7.67. The number of benzene rings is 2. The van der Waals surface area contributed by atoms with E-state index in [1.807, 2.05) is 50.6 Å². The van der Waals surface area contributed by atoms with Crippen molar-refractivity contribution in [1.29, 1.82) is 0 Å². The van der Waals surface area contributed by atoms with Crippen molar-refractivity contribution < 1.29 is 9.59 Å². The summed E-state index contributed by atoms with van der Waals surface area (Å²) in [5, 5.41) is 10.0. The number of aryl methyl sites for hydroxylation is 1. The van der Waals surface area contributed by atoms with Crippen LogP contribution in [0.5, 0.6) is 0 Å². The van der Waals surface area contributed by atoms with Crippen LogP contribution in [0.15, 0.2) is 60.8 Å². The number of hydrogen-bond acceptors (Lipinski definition) is 3. The van der Waals surface area contributed by atoms with Crippen LogP contribution in [0.1, 0.15) is 47.2 Å². The van der Waals surface area contributed by atoms with Crippen molar-refractivity contribution in [2.75, 3.05) is 5.32 Å². The number of anilines is 1. The van der Waals surface area contributed by atoms with Crippen LogP contribution in [-0.2, 0) is 0 Å². The molecule has 0 aliphatic carbocycles. The van der Waals surface area contributed by atoms with E-state index in [-0.39, 0.29) is 17.4 Å². The molecule has 1 aromatic heterocycles. The molecule has 0 saturated heterocycles. The Kier molecular flexibility index (Phi) is 5.31. The summed E-state index contributed by atoms with van der Waals surface area (Å²) >= 11 is 0. The highest BCUT2D eigenvalue weighted by atomic mass is 16.2. The molecule has 0 aliphatic heterocycles. The number of aromatic nitrogens is 2. The van der Waals surface area contributed by atoms with Crippen LogP contribution in [-0.4, -0.2) is 27.1 Å². The van der Waals surface area contributed by atoms with Gasteiger partial charge in [0.15, 0.2) is 0 Å². The molecule has 1 heterocycles. The Morgan fingerprint density at radius 3 is 1.96 bits per heavy atom. The molecular weight excluding hydrogens is 352 g/mol. The van der Waals surface area contributed by atoms with E-state index in [0.717, 1.165) is 11.4 Å². The first kappa shape index (κ1) is 19.4. The molecule has 0 radical (unpaired) electrons. The first-order valence-corrected chi connectivity index (χ1v) is 9.08. The topological polar surface area (TPSA) is 76.0 Å². The highest BCUT2D eigenvalue weighted by Gasteiger charge is 2.15. The van der Waals surface area contributed by atoms with Gasteiger partial charge in [0, 0.05) is 34.2 Å². The molecule has 0 bridgehead atoms. The lowest BCUT2D eigenvalue weighted by Crippen LogP contribution is -2.40. The smallest absolute Gasteiger partial charge is 0.255 e. The van der Waals surface area contributed by atoms with Crippen molar-refractivity contribution in [3.63, 3.8) is 0 Å². The predicted octanol–water partition coefficient (Wildman–Crippen LogP) is 3.96. The molecule has 0 aliphatic rings. The first-order chi connectivity index (χ1) is 13.2. The van der Waals surface area contributed by atoms with Gasteiger partial charge in [0.25, 0.3) is 11.8 Å². The summed E-state index contributed by atoms with van der Waals surface area (Å²) in [6, 6.07) is 16.0. The Hall–Kier alpha value is -3.41. The molecular formula is C22H24N4O2. The van der Waals surface area contributed by atoms with Crippen LogP contribution in [0, 0.1) is 6.92 Å². The molecule has 3 rings (SSSR count). The lowest BCUT2D eigenvalue weighted by molar-refractivity contribution is 0.0919. The van der Waals surface area contributed by atoms with Crippen molar-refractivity contribution >= 4 is 17.5 Å². The standard InChI is InChI=1S/C22H24N4O2/c1-15-13-14-23-26(15)19-11-7-16(8-12-19)20(27)24-18-9-5-17(6-10-18)21(28)25-22(2,3)4/h5-14H,1-4H3,(H,24,27)(H,25,28). The van der Waals surface area contributed by atoms with E-state index >= 15 is 0 Å². The molecule has 2 N–H and O–H groups in total. The van der Waals surface area contributed by atoms with Gasteiger partial charge in [0.1, 0.15) is 0 Å². The second kappa shape index (κ2) is 7.68. The molecule has 28 heavy (non-hydrogen) atoms. The fraction of sp³-hybridized carbons (Fsp3) is 0.227. The van der Waals surface area contributed by atoms with E-state index in [0.29, 0.717) is 16.8 Å². The van der Waals surface area contributed by atoms with Crippen LogP contribution >= 0.6 is 0 Å². The van der Waals surface area contributed by atoms with Crippen molar-refractivity contribution in [2.24, 2.45) is 0 Å². The van der Waals surface area contributed by atoms with Crippen LogP contribution in [0.2, 0.25) is 0 Å². The van der Waals surface area contributed by atoms with Crippen molar-refractivity contribution in [2.45, 2.75) is 33.2 Å². The van der Waals surface area contributed by atoms with Gasteiger partial charge in [-0.2, -0.15) is 5.10 Å². The van der Waals surface area contributed by atoms with Crippen LogP contribution in [0.4, 0.5) is 5.69 Å². The highest BCUT2D eigenvalue weighted by molar-refractivity contribution is 6.04. The Labute approximate surface area is 164 Å². The summed E-state index contributed by atoms with van der Waals surface area (Å²) in [5.41, 5.74) is 3.34. The third-order valence-electron chi connectivity index (χ3n) is 4.10. The normalized spacial score (nSPS) is 11.1. The van der Waals surface area contributed by atoms with Gasteiger partial charge in [-0.1, -0.05) is 0 Å². The Morgan fingerprint density at radius 1 is 0.857 bits per heavy atom. The van der Waals surface area contributed by atoms with Crippen LogP contribution in [0.3, 0.4) is 0 Å². The maximum Gasteiger partial charge on any atom is 0.255 e. The van der Waals surface area contributed by atoms with E-state index in [1.54, 1.807) is 42.6 Å². The molecule has 6 heteroatoms. The highest BCUT2D eigenvalue weighted by Crippen LogP contribution is 2.15. The molecule has 3 aromatic rings. The van der Waals surface area contributed by atoms with Crippen molar-refractivity contribution in [3.05, 3.63) is 77.6 Å². The van der Waals surface area contributed by atoms with Crippen LogP contribution in [0.25, 0.3) is 5.69 Å². The van der Waals surface area contributed by atoms with Gasteiger partial charge >= 0.3 is 0 Å². The summed E-state index contributed by atoms with van der Waals surface area (Å²) in [6.07, 6.45) is 1.74. The van der Waals surface area contributed by atoms with Gasteiger partial charge in [-0.05, 0) is 82.3 Å². The number of amides is 2. The average Bonchev–Trinajstić information content (AvgIpc) is 3.07. The maximum atomic E-state index is 12.5. The molecule has 6 nitrogen and oxygen atoms in total. The third kappa shape index (κ3) is 4.65. The molecule has 2 amide bonds. The molecule has 0 saturated carbocycles. The summed E-state index contributed by atoms with van der Waals surface area (Å²) in [7, 11) is 0. The first-order valence-electron chi connectivity index (χ1n) is 9.08. The van der Waals surface area contributed by atoms with E-state index in [2.05, 4.69) is 15.7 Å². The maximum absolute atomic E-state index is 12.5. The second-order valence-corrected chi connectivity index (χ2v) is 7.67. The van der Waals surface area contributed by atoms with E-state index in [4.69, 9.17) is 0 Å². The predicted molar refractivity (Wildman–Crippen MR) is 110 cm³/mol. The van der Waals surface area contributed by atoms with E-state index < -0.39 is 0 Å². The van der Waals surface area contributed by atoms with Gasteiger partial charge in [-0.3, -0.25) is 9.59 Å². The summed E-state index contributed by atoms with van der Waals surface area (Å²) in [4.78, 5) is 24.6. The van der Waals surface area contributed by atoms with E-state index in [9.17, 15) is 9.59 Å². The summed E-state index contributed by atoms with van der Waals surface area (Å²) in [6.45, 7) is 7.76. The minimum Gasteiger partial charge on any atom is -0.347 e. The quantitative estimate of drug-likeness (QED) is 0.724. The van der Waals surface area contributed by atoms with Gasteiger partial charge in [0.05, 0.1) is 5.69 Å². The minimum atomic E-state index is -0.301. The molecule has 0 atom stereocenters. The molecule has 2 aromatic carbocycles. The van der Waals surface area contributed by atoms with E-state index in [1.165, 1.54) is 0 Å². The zero-order valence-corrected chi connectivity index (χ0v) is 16.5. The number of nitrogens with zero attached hydrogens (tertiary/aromatic N) is 2. The lowest BCUT2D eigenvalue weighted by Gasteiger charge is -2.20. The SMILES string of the molecule is Cc1ccnn1-c1ccc(C(=O)Nc2ccc(C(=O)NC(C)(C)C)cc2)cc1. The largest absolute Gasteiger partial charge is 0.347 e.